The first-order valence-electron chi connectivity index (χ1n) is 9.55. The average molecular weight is 504 g/mol. The number of nitrogens with one attached hydrogen (secondary N) is 3. The second-order valence-electron chi connectivity index (χ2n) is 7.05. The van der Waals surface area contributed by atoms with Gasteiger partial charge in [0.25, 0.3) is 5.91 Å². The van der Waals surface area contributed by atoms with E-state index in [4.69, 9.17) is 11.6 Å². The largest absolute Gasteiger partial charge is 0.435 e. The number of H-pyrrole nitrogens is 1. The summed E-state index contributed by atoms with van der Waals surface area (Å²) in [6.07, 6.45) is -9.28. The highest BCUT2D eigenvalue weighted by Crippen LogP contribution is 2.30. The fourth-order valence-electron chi connectivity index (χ4n) is 2.79. The lowest BCUT2D eigenvalue weighted by Gasteiger charge is -2.18. The Morgan fingerprint density at radius 1 is 1.03 bits per heavy atom. The minimum absolute atomic E-state index is 0.162. The molecule has 0 bridgehead atoms. The third-order valence-corrected chi connectivity index (χ3v) is 4.73. The van der Waals surface area contributed by atoms with Crippen LogP contribution in [0.2, 0.25) is 5.02 Å². The number of alkyl halides is 6. The van der Waals surface area contributed by atoms with Crippen LogP contribution in [0.25, 0.3) is 0 Å². The maximum Gasteiger partial charge on any atom is 0.435 e. The standard InChI is InChI=1S/C21H16ClF6N5O/c1-11(13-3-2-4-15(22)9-13)29-19(30-17-10-16(32-33-17)21(26,27)28)31-18(34)12-5-7-14(8-6-12)20(23,24)25/h2-11H,1H3,(H3,29,30,31,32,33,34). The van der Waals surface area contributed by atoms with Gasteiger partial charge in [-0.25, -0.2) is 0 Å². The lowest BCUT2D eigenvalue weighted by molar-refractivity contribution is -0.141. The van der Waals surface area contributed by atoms with Gasteiger partial charge in [-0.2, -0.15) is 36.4 Å². The van der Waals surface area contributed by atoms with Gasteiger partial charge in [0.1, 0.15) is 5.82 Å². The van der Waals surface area contributed by atoms with Crippen molar-refractivity contribution in [3.05, 3.63) is 82.0 Å². The second kappa shape index (κ2) is 9.75. The van der Waals surface area contributed by atoms with Crippen LogP contribution >= 0.6 is 11.6 Å². The maximum absolute atomic E-state index is 12.9. The average Bonchev–Trinajstić information content (AvgIpc) is 3.22. The van der Waals surface area contributed by atoms with Crippen LogP contribution < -0.4 is 10.6 Å². The number of hydrogen-bond acceptors (Lipinski definition) is 2. The zero-order valence-electron chi connectivity index (χ0n) is 17.2. The van der Waals surface area contributed by atoms with E-state index in [1.807, 2.05) is 0 Å². The van der Waals surface area contributed by atoms with Crippen molar-refractivity contribution in [1.29, 1.82) is 0 Å². The number of aromatic nitrogens is 2. The van der Waals surface area contributed by atoms with Gasteiger partial charge in [-0.3, -0.25) is 9.89 Å². The van der Waals surface area contributed by atoms with Gasteiger partial charge in [0, 0.05) is 16.7 Å². The van der Waals surface area contributed by atoms with Crippen LogP contribution in [0.15, 0.2) is 59.6 Å². The Bertz CT molecular complexity index is 1190. The summed E-state index contributed by atoms with van der Waals surface area (Å²) in [7, 11) is 0. The molecule has 1 amide bonds. The van der Waals surface area contributed by atoms with Crippen LogP contribution in [-0.4, -0.2) is 22.1 Å². The fourth-order valence-corrected chi connectivity index (χ4v) is 2.99. The molecule has 1 heterocycles. The minimum atomic E-state index is -4.70. The van der Waals surface area contributed by atoms with E-state index in [0.29, 0.717) is 16.7 Å². The molecule has 0 radical (unpaired) electrons. The number of nitrogens with zero attached hydrogens (tertiary/aromatic N) is 2. The van der Waals surface area contributed by atoms with Gasteiger partial charge < -0.3 is 10.6 Å². The summed E-state index contributed by atoms with van der Waals surface area (Å²) in [5, 5.41) is 11.1. The summed E-state index contributed by atoms with van der Waals surface area (Å²) in [6.45, 7) is 1.68. The molecule has 0 saturated heterocycles. The molecule has 0 saturated carbocycles. The van der Waals surface area contributed by atoms with Crippen molar-refractivity contribution >= 4 is 29.3 Å². The van der Waals surface area contributed by atoms with Gasteiger partial charge in [-0.15, -0.1) is 0 Å². The van der Waals surface area contributed by atoms with Crippen molar-refractivity contribution in [3.8, 4) is 0 Å². The van der Waals surface area contributed by atoms with Crippen LogP contribution in [0.3, 0.4) is 0 Å². The number of rotatable bonds is 4. The highest BCUT2D eigenvalue weighted by Gasteiger charge is 2.34. The Morgan fingerprint density at radius 3 is 2.26 bits per heavy atom. The fraction of sp³-hybridized carbons (Fsp3) is 0.190. The molecule has 3 N–H and O–H groups in total. The molecule has 180 valence electrons. The molecular formula is C21H16ClF6N5O. The van der Waals surface area contributed by atoms with E-state index in [9.17, 15) is 31.1 Å². The Hall–Kier alpha value is -3.54. The number of aromatic amines is 1. The van der Waals surface area contributed by atoms with Crippen molar-refractivity contribution in [2.45, 2.75) is 25.3 Å². The van der Waals surface area contributed by atoms with E-state index < -0.39 is 35.6 Å². The van der Waals surface area contributed by atoms with E-state index in [1.165, 1.54) is 0 Å². The molecule has 3 rings (SSSR count). The zero-order chi connectivity index (χ0) is 25.1. The van der Waals surface area contributed by atoms with E-state index in [2.05, 4.69) is 25.8 Å². The Balaban J connectivity index is 1.89. The quantitative estimate of drug-likeness (QED) is 0.230. The van der Waals surface area contributed by atoms with Gasteiger partial charge in [0.05, 0.1) is 11.6 Å². The summed E-state index contributed by atoms with van der Waals surface area (Å²) in [5.74, 6) is -1.43. The first-order valence-corrected chi connectivity index (χ1v) is 9.92. The van der Waals surface area contributed by atoms with E-state index >= 15 is 0 Å². The third-order valence-electron chi connectivity index (χ3n) is 4.50. The van der Waals surface area contributed by atoms with Crippen LogP contribution in [-0.2, 0) is 12.4 Å². The van der Waals surface area contributed by atoms with Gasteiger partial charge >= 0.3 is 12.4 Å². The first kappa shape index (κ1) is 25.1. The van der Waals surface area contributed by atoms with E-state index in [-0.39, 0.29) is 17.3 Å². The van der Waals surface area contributed by atoms with Crippen molar-refractivity contribution in [2.75, 3.05) is 5.32 Å². The monoisotopic (exact) mass is 503 g/mol. The summed E-state index contributed by atoms with van der Waals surface area (Å²) >= 11 is 5.98. The number of carbonyl (C=O) groups is 1. The Labute approximate surface area is 194 Å². The molecule has 0 aliphatic heterocycles. The number of aliphatic imine (C=N–C) groups is 1. The van der Waals surface area contributed by atoms with Gasteiger partial charge in [-0.1, -0.05) is 23.7 Å². The number of carbonyl (C=O) groups excluding carboxylic acids is 1. The smallest absolute Gasteiger partial charge is 0.349 e. The van der Waals surface area contributed by atoms with Crippen molar-refractivity contribution in [3.63, 3.8) is 0 Å². The number of halogens is 7. The maximum atomic E-state index is 12.9. The molecule has 0 spiro atoms. The summed E-state index contributed by atoms with van der Waals surface area (Å²) < 4.78 is 76.8. The van der Waals surface area contributed by atoms with Crippen LogP contribution in [0.4, 0.5) is 32.2 Å². The molecule has 6 nitrogen and oxygen atoms in total. The Kier molecular flexibility index (Phi) is 7.20. The molecule has 34 heavy (non-hydrogen) atoms. The molecule has 1 aromatic heterocycles. The van der Waals surface area contributed by atoms with Crippen molar-refractivity contribution in [1.82, 2.24) is 15.5 Å². The van der Waals surface area contributed by atoms with Crippen LogP contribution in [0, 0.1) is 0 Å². The molecule has 1 unspecified atom stereocenters. The van der Waals surface area contributed by atoms with Crippen molar-refractivity contribution < 1.29 is 31.1 Å². The van der Waals surface area contributed by atoms with Gasteiger partial charge in [0.15, 0.2) is 5.69 Å². The SMILES string of the molecule is CC(N/C(=N\C(=O)c1ccc(C(F)(F)F)cc1)Nc1cc(C(F)(F)F)n[nH]1)c1cccc(Cl)c1. The molecule has 2 aromatic carbocycles. The third kappa shape index (κ3) is 6.50. The second-order valence-corrected chi connectivity index (χ2v) is 7.49. The molecule has 0 aliphatic rings. The number of amides is 1. The molecule has 1 atom stereocenters. The summed E-state index contributed by atoms with van der Waals surface area (Å²) in [4.78, 5) is 16.4. The molecule has 13 heteroatoms. The number of hydrogen-bond donors (Lipinski definition) is 3. The number of benzene rings is 2. The van der Waals surface area contributed by atoms with E-state index in [1.54, 1.807) is 31.2 Å². The minimum Gasteiger partial charge on any atom is -0.349 e. The zero-order valence-corrected chi connectivity index (χ0v) is 18.0. The van der Waals surface area contributed by atoms with Gasteiger partial charge in [0.2, 0.25) is 5.96 Å². The molecule has 3 aromatic rings. The summed E-state index contributed by atoms with van der Waals surface area (Å²) in [5.41, 5.74) is -1.64. The lowest BCUT2D eigenvalue weighted by atomic mass is 10.1. The number of guanidine groups is 1. The van der Waals surface area contributed by atoms with Gasteiger partial charge in [-0.05, 0) is 48.9 Å². The first-order chi connectivity index (χ1) is 15.8. The molecule has 0 aliphatic carbocycles. The molecule has 0 fully saturated rings. The normalized spacial score (nSPS) is 13.5. The highest BCUT2D eigenvalue weighted by atomic mass is 35.5. The predicted molar refractivity (Wildman–Crippen MR) is 113 cm³/mol. The lowest BCUT2D eigenvalue weighted by Crippen LogP contribution is -2.34. The van der Waals surface area contributed by atoms with Crippen LogP contribution in [0.5, 0.6) is 0 Å². The number of anilines is 1. The van der Waals surface area contributed by atoms with E-state index in [0.717, 1.165) is 24.3 Å². The molecular weight excluding hydrogens is 488 g/mol. The van der Waals surface area contributed by atoms with Crippen LogP contribution in [0.1, 0.15) is 40.1 Å². The topological polar surface area (TPSA) is 82.2 Å². The summed E-state index contributed by atoms with van der Waals surface area (Å²) in [6, 6.07) is 10.2. The van der Waals surface area contributed by atoms with Crippen molar-refractivity contribution in [2.24, 2.45) is 4.99 Å². The highest BCUT2D eigenvalue weighted by molar-refractivity contribution is 6.30. The predicted octanol–water partition coefficient (Wildman–Crippen LogP) is 6.06. The Morgan fingerprint density at radius 2 is 1.71 bits per heavy atom.